The number of amides is 3. The van der Waals surface area contributed by atoms with E-state index >= 15 is 0 Å². The van der Waals surface area contributed by atoms with Crippen molar-refractivity contribution in [1.29, 1.82) is 0 Å². The van der Waals surface area contributed by atoms with Gasteiger partial charge in [-0.25, -0.2) is 4.79 Å². The van der Waals surface area contributed by atoms with Crippen molar-refractivity contribution in [2.45, 2.75) is 6.92 Å². The van der Waals surface area contributed by atoms with Crippen molar-refractivity contribution in [3.05, 3.63) is 99.8 Å². The molecule has 5 rings (SSSR count). The van der Waals surface area contributed by atoms with Gasteiger partial charge in [0.25, 0.3) is 5.91 Å². The molecule has 0 saturated carbocycles. The van der Waals surface area contributed by atoms with Gasteiger partial charge in [0.15, 0.2) is 0 Å². The average Bonchev–Trinajstić information content (AvgIpc) is 3.46. The number of H-pyrrole nitrogens is 1. The van der Waals surface area contributed by atoms with Crippen LogP contribution in [0.5, 0.6) is 0 Å². The summed E-state index contributed by atoms with van der Waals surface area (Å²) in [7, 11) is 0. The van der Waals surface area contributed by atoms with Crippen molar-refractivity contribution < 1.29 is 9.59 Å². The quantitative estimate of drug-likeness (QED) is 0.177. The SMILES string of the molecule is Cc1ccc(NC(=O)Nc2cc(Cl)ccc2Cl)cc1Nc1ccc2c(c1)NC(=O)C2=Cc1ccc[nH]1. The summed E-state index contributed by atoms with van der Waals surface area (Å²) in [6.07, 6.45) is 3.64. The van der Waals surface area contributed by atoms with Gasteiger partial charge in [-0.15, -0.1) is 0 Å². The van der Waals surface area contributed by atoms with Gasteiger partial charge >= 0.3 is 6.03 Å². The van der Waals surface area contributed by atoms with E-state index in [1.807, 2.05) is 61.7 Å². The Bertz CT molecular complexity index is 1510. The van der Waals surface area contributed by atoms with Crippen LogP contribution < -0.4 is 21.3 Å². The number of anilines is 5. The van der Waals surface area contributed by atoms with E-state index in [-0.39, 0.29) is 5.91 Å². The van der Waals surface area contributed by atoms with Gasteiger partial charge in [-0.1, -0.05) is 35.3 Å². The fourth-order valence-electron chi connectivity index (χ4n) is 3.87. The van der Waals surface area contributed by atoms with Crippen LogP contribution in [0.4, 0.5) is 33.2 Å². The summed E-state index contributed by atoms with van der Waals surface area (Å²) in [5.74, 6) is -0.148. The predicted octanol–water partition coefficient (Wildman–Crippen LogP) is 7.51. The Morgan fingerprint density at radius 2 is 1.75 bits per heavy atom. The van der Waals surface area contributed by atoms with Crippen LogP contribution in [0.3, 0.4) is 0 Å². The molecular weight excluding hydrogens is 497 g/mol. The summed E-state index contributed by atoms with van der Waals surface area (Å²) >= 11 is 12.1. The lowest BCUT2D eigenvalue weighted by atomic mass is 10.1. The highest BCUT2D eigenvalue weighted by Crippen LogP contribution is 2.36. The molecule has 0 atom stereocenters. The highest BCUT2D eigenvalue weighted by molar-refractivity contribution is 6.36. The van der Waals surface area contributed by atoms with Crippen molar-refractivity contribution in [2.75, 3.05) is 21.3 Å². The van der Waals surface area contributed by atoms with E-state index in [0.29, 0.717) is 27.0 Å². The number of aromatic nitrogens is 1. The molecule has 0 spiro atoms. The molecule has 4 aromatic rings. The van der Waals surface area contributed by atoms with Crippen molar-refractivity contribution in [3.8, 4) is 0 Å². The maximum absolute atomic E-state index is 12.5. The van der Waals surface area contributed by atoms with Crippen LogP contribution in [0, 0.1) is 6.92 Å². The molecule has 0 aliphatic carbocycles. The molecule has 1 aromatic heterocycles. The largest absolute Gasteiger partial charge is 0.362 e. The first-order chi connectivity index (χ1) is 17.4. The second-order valence-electron chi connectivity index (χ2n) is 8.26. The van der Waals surface area contributed by atoms with Gasteiger partial charge < -0.3 is 26.3 Å². The van der Waals surface area contributed by atoms with Crippen molar-refractivity contribution in [2.24, 2.45) is 0 Å². The molecule has 0 unspecified atom stereocenters. The number of carbonyl (C=O) groups excluding carboxylic acids is 2. The van der Waals surface area contributed by atoms with Crippen LogP contribution in [-0.2, 0) is 4.79 Å². The Labute approximate surface area is 217 Å². The summed E-state index contributed by atoms with van der Waals surface area (Å²) in [4.78, 5) is 28.1. The van der Waals surface area contributed by atoms with Crippen molar-refractivity contribution >= 4 is 75.2 Å². The molecule has 36 heavy (non-hydrogen) atoms. The maximum Gasteiger partial charge on any atom is 0.323 e. The third-order valence-electron chi connectivity index (χ3n) is 5.68. The number of halogens is 2. The van der Waals surface area contributed by atoms with Crippen molar-refractivity contribution in [3.63, 3.8) is 0 Å². The smallest absolute Gasteiger partial charge is 0.323 e. The van der Waals surface area contributed by atoms with Crippen LogP contribution in [0.15, 0.2) is 72.9 Å². The van der Waals surface area contributed by atoms with Gasteiger partial charge in [0.2, 0.25) is 0 Å². The zero-order valence-corrected chi connectivity index (χ0v) is 20.6. The summed E-state index contributed by atoms with van der Waals surface area (Å²) in [6, 6.07) is 19.4. The van der Waals surface area contributed by atoms with E-state index in [4.69, 9.17) is 23.2 Å². The first kappa shape index (κ1) is 23.5. The Balaban J connectivity index is 1.32. The summed E-state index contributed by atoms with van der Waals surface area (Å²) in [6.45, 7) is 1.96. The predicted molar refractivity (Wildman–Crippen MR) is 147 cm³/mol. The standard InChI is InChI=1S/C27H21Cl2N5O2/c1-15-4-6-19(32-27(36)34-25-11-16(28)5-9-22(25)29)13-23(15)31-18-7-8-20-21(12-17-3-2-10-30-17)26(35)33-24(20)14-18/h2-14,30-31H,1H3,(H,33,35)(H2,32,34,36). The molecule has 7 nitrogen and oxygen atoms in total. The Hall–Kier alpha value is -4.20. The number of carbonyl (C=O) groups is 2. The van der Waals surface area contributed by atoms with Crippen LogP contribution in [0.25, 0.3) is 11.6 Å². The number of rotatable bonds is 5. The van der Waals surface area contributed by atoms with E-state index in [1.165, 1.54) is 0 Å². The zero-order valence-electron chi connectivity index (χ0n) is 19.1. The van der Waals surface area contributed by atoms with Gasteiger partial charge in [0, 0.05) is 39.5 Å². The molecule has 0 saturated heterocycles. The number of hydrogen-bond donors (Lipinski definition) is 5. The van der Waals surface area contributed by atoms with E-state index in [0.717, 1.165) is 33.9 Å². The normalized spacial score (nSPS) is 13.3. The molecule has 2 heterocycles. The second kappa shape index (κ2) is 9.81. The van der Waals surface area contributed by atoms with Gasteiger partial charge in [0.05, 0.1) is 22.0 Å². The monoisotopic (exact) mass is 517 g/mol. The van der Waals surface area contributed by atoms with Crippen molar-refractivity contribution in [1.82, 2.24) is 4.98 Å². The summed E-state index contributed by atoms with van der Waals surface area (Å²) < 4.78 is 0. The van der Waals surface area contributed by atoms with E-state index in [1.54, 1.807) is 24.3 Å². The number of nitrogens with one attached hydrogen (secondary N) is 5. The lowest BCUT2D eigenvalue weighted by molar-refractivity contribution is -0.110. The van der Waals surface area contributed by atoms with Crippen LogP contribution in [0.1, 0.15) is 16.8 Å². The zero-order chi connectivity index (χ0) is 25.2. The fourth-order valence-corrected chi connectivity index (χ4v) is 4.21. The minimum Gasteiger partial charge on any atom is -0.362 e. The molecule has 9 heteroatoms. The first-order valence-corrected chi connectivity index (χ1v) is 11.8. The highest BCUT2D eigenvalue weighted by Gasteiger charge is 2.24. The minimum absolute atomic E-state index is 0.148. The van der Waals surface area contributed by atoms with Gasteiger partial charge in [-0.05, 0) is 73.2 Å². The molecule has 180 valence electrons. The fraction of sp³-hybridized carbons (Fsp3) is 0.0370. The number of aryl methyl sites for hydroxylation is 1. The average molecular weight is 518 g/mol. The number of urea groups is 1. The van der Waals surface area contributed by atoms with Gasteiger partial charge in [-0.2, -0.15) is 0 Å². The van der Waals surface area contributed by atoms with E-state index < -0.39 is 6.03 Å². The topological polar surface area (TPSA) is 98.0 Å². The molecule has 1 aliphatic rings. The lowest BCUT2D eigenvalue weighted by Gasteiger charge is -2.14. The summed E-state index contributed by atoms with van der Waals surface area (Å²) in [5.41, 5.74) is 6.61. The third-order valence-corrected chi connectivity index (χ3v) is 6.24. The Kier molecular flexibility index (Phi) is 6.41. The molecule has 3 aromatic carbocycles. The minimum atomic E-state index is -0.449. The van der Waals surface area contributed by atoms with Crippen LogP contribution in [-0.4, -0.2) is 16.9 Å². The molecular formula is C27H21Cl2N5O2. The number of hydrogen-bond acceptors (Lipinski definition) is 3. The lowest BCUT2D eigenvalue weighted by Crippen LogP contribution is -2.19. The maximum atomic E-state index is 12.5. The molecule has 0 bridgehead atoms. The third kappa shape index (κ3) is 5.07. The van der Waals surface area contributed by atoms with Crippen LogP contribution in [0.2, 0.25) is 10.0 Å². The Morgan fingerprint density at radius 1 is 0.917 bits per heavy atom. The molecule has 1 aliphatic heterocycles. The van der Waals surface area contributed by atoms with Gasteiger partial charge in [0.1, 0.15) is 0 Å². The second-order valence-corrected chi connectivity index (χ2v) is 9.10. The van der Waals surface area contributed by atoms with Crippen LogP contribution >= 0.6 is 23.2 Å². The summed E-state index contributed by atoms with van der Waals surface area (Å²) in [5, 5.41) is 12.7. The molecule has 3 amide bonds. The first-order valence-electron chi connectivity index (χ1n) is 11.1. The number of aromatic amines is 1. The highest BCUT2D eigenvalue weighted by atomic mass is 35.5. The van der Waals surface area contributed by atoms with E-state index in [2.05, 4.69) is 26.3 Å². The number of fused-ring (bicyclic) bond motifs is 1. The Morgan fingerprint density at radius 3 is 2.56 bits per heavy atom. The van der Waals surface area contributed by atoms with Gasteiger partial charge in [-0.3, -0.25) is 4.79 Å². The number of benzene rings is 3. The van der Waals surface area contributed by atoms with E-state index in [9.17, 15) is 9.59 Å². The molecule has 5 N–H and O–H groups in total. The molecule has 0 fully saturated rings. The molecule has 0 radical (unpaired) electrons.